The molecule has 17 heavy (non-hydrogen) atoms. The number of aromatic hydroxyl groups is 1. The number of phenols is 1. The standard InChI is InChI=1S/C13H9ClN2O/c14-10-6-5-9-8-15-16(12(9)7-10)11-3-1-2-4-13(11)17/h1-8,17H. The fraction of sp³-hybridized carbons (Fsp3) is 0. The minimum atomic E-state index is 0.192. The summed E-state index contributed by atoms with van der Waals surface area (Å²) in [5.74, 6) is 0.192. The molecule has 0 bridgehead atoms. The summed E-state index contributed by atoms with van der Waals surface area (Å²) in [4.78, 5) is 0. The molecule has 1 N–H and O–H groups in total. The van der Waals surface area contributed by atoms with Crippen LogP contribution in [0.25, 0.3) is 16.6 Å². The average molecular weight is 245 g/mol. The summed E-state index contributed by atoms with van der Waals surface area (Å²) in [7, 11) is 0. The van der Waals surface area contributed by atoms with Crippen molar-refractivity contribution in [3.8, 4) is 11.4 Å². The van der Waals surface area contributed by atoms with Crippen molar-refractivity contribution < 1.29 is 5.11 Å². The fourth-order valence-electron chi connectivity index (χ4n) is 1.83. The SMILES string of the molecule is Oc1ccccc1-n1ncc2ccc(Cl)cc21. The summed E-state index contributed by atoms with van der Waals surface area (Å²) in [6.45, 7) is 0. The Bertz CT molecular complexity index is 691. The van der Waals surface area contributed by atoms with Crippen LogP contribution >= 0.6 is 11.6 Å². The Labute approximate surface area is 103 Å². The van der Waals surface area contributed by atoms with Gasteiger partial charge in [0.15, 0.2) is 0 Å². The van der Waals surface area contributed by atoms with Crippen LogP contribution in [0.15, 0.2) is 48.7 Å². The van der Waals surface area contributed by atoms with Crippen LogP contribution in [0.4, 0.5) is 0 Å². The van der Waals surface area contributed by atoms with E-state index in [0.717, 1.165) is 10.9 Å². The molecule has 2 aromatic carbocycles. The van der Waals surface area contributed by atoms with E-state index in [0.29, 0.717) is 10.7 Å². The lowest BCUT2D eigenvalue weighted by atomic mass is 10.2. The van der Waals surface area contributed by atoms with Gasteiger partial charge in [-0.1, -0.05) is 23.7 Å². The first-order valence-electron chi connectivity index (χ1n) is 5.17. The first-order valence-corrected chi connectivity index (χ1v) is 5.55. The maximum absolute atomic E-state index is 9.82. The van der Waals surface area contributed by atoms with E-state index in [1.807, 2.05) is 30.3 Å². The highest BCUT2D eigenvalue weighted by atomic mass is 35.5. The van der Waals surface area contributed by atoms with Gasteiger partial charge in [0, 0.05) is 10.4 Å². The molecule has 1 heterocycles. The van der Waals surface area contributed by atoms with Crippen molar-refractivity contribution in [2.45, 2.75) is 0 Å². The predicted octanol–water partition coefficient (Wildman–Crippen LogP) is 3.38. The van der Waals surface area contributed by atoms with Gasteiger partial charge >= 0.3 is 0 Å². The maximum Gasteiger partial charge on any atom is 0.141 e. The van der Waals surface area contributed by atoms with E-state index in [1.54, 1.807) is 23.0 Å². The summed E-state index contributed by atoms with van der Waals surface area (Å²) in [6.07, 6.45) is 1.75. The van der Waals surface area contributed by atoms with Gasteiger partial charge in [-0.05, 0) is 30.3 Å². The summed E-state index contributed by atoms with van der Waals surface area (Å²) >= 11 is 5.97. The number of benzene rings is 2. The summed E-state index contributed by atoms with van der Waals surface area (Å²) < 4.78 is 1.68. The Morgan fingerprint density at radius 2 is 1.94 bits per heavy atom. The second kappa shape index (κ2) is 3.79. The second-order valence-electron chi connectivity index (χ2n) is 3.75. The number of nitrogens with zero attached hydrogens (tertiary/aromatic N) is 2. The first kappa shape index (κ1) is 10.2. The Hall–Kier alpha value is -2.00. The highest BCUT2D eigenvalue weighted by Crippen LogP contribution is 2.26. The lowest BCUT2D eigenvalue weighted by Gasteiger charge is -2.05. The highest BCUT2D eigenvalue weighted by molar-refractivity contribution is 6.31. The summed E-state index contributed by atoms with van der Waals surface area (Å²) in [5, 5.41) is 15.7. The minimum absolute atomic E-state index is 0.192. The van der Waals surface area contributed by atoms with Gasteiger partial charge in [0.05, 0.1) is 11.7 Å². The molecule has 0 aliphatic heterocycles. The van der Waals surface area contributed by atoms with Crippen LogP contribution < -0.4 is 0 Å². The molecular formula is C13H9ClN2O. The van der Waals surface area contributed by atoms with E-state index in [1.165, 1.54) is 0 Å². The molecule has 3 aromatic rings. The lowest BCUT2D eigenvalue weighted by molar-refractivity contribution is 0.471. The van der Waals surface area contributed by atoms with Crippen LogP contribution in [0.1, 0.15) is 0 Å². The first-order chi connectivity index (χ1) is 8.25. The van der Waals surface area contributed by atoms with Gasteiger partial charge in [-0.2, -0.15) is 5.10 Å². The van der Waals surface area contributed by atoms with Gasteiger partial charge in [-0.25, -0.2) is 4.68 Å². The van der Waals surface area contributed by atoms with Gasteiger partial charge in [0.2, 0.25) is 0 Å². The molecule has 0 aliphatic carbocycles. The number of halogens is 1. The molecule has 4 heteroatoms. The Morgan fingerprint density at radius 3 is 2.76 bits per heavy atom. The number of rotatable bonds is 1. The van der Waals surface area contributed by atoms with Crippen molar-refractivity contribution in [2.24, 2.45) is 0 Å². The van der Waals surface area contributed by atoms with Crippen LogP contribution in [0, 0.1) is 0 Å². The molecule has 0 saturated carbocycles. The minimum Gasteiger partial charge on any atom is -0.506 e. The Kier molecular flexibility index (Phi) is 2.27. The monoisotopic (exact) mass is 244 g/mol. The molecule has 0 saturated heterocycles. The zero-order chi connectivity index (χ0) is 11.8. The number of hydrogen-bond donors (Lipinski definition) is 1. The van der Waals surface area contributed by atoms with Crippen molar-refractivity contribution in [3.63, 3.8) is 0 Å². The molecule has 3 rings (SSSR count). The number of hydrogen-bond acceptors (Lipinski definition) is 2. The van der Waals surface area contributed by atoms with Crippen LogP contribution in [0.3, 0.4) is 0 Å². The Balaban J connectivity index is 2.31. The van der Waals surface area contributed by atoms with E-state index in [9.17, 15) is 5.11 Å². The maximum atomic E-state index is 9.82. The molecule has 0 amide bonds. The van der Waals surface area contributed by atoms with Gasteiger partial charge in [0.1, 0.15) is 11.4 Å². The number of aromatic nitrogens is 2. The van der Waals surface area contributed by atoms with Crippen molar-refractivity contribution in [2.75, 3.05) is 0 Å². The highest BCUT2D eigenvalue weighted by Gasteiger charge is 2.08. The van der Waals surface area contributed by atoms with Gasteiger partial charge in [0.25, 0.3) is 0 Å². The number of phenolic OH excluding ortho intramolecular Hbond substituents is 1. The number of fused-ring (bicyclic) bond motifs is 1. The van der Waals surface area contributed by atoms with Crippen molar-refractivity contribution >= 4 is 22.5 Å². The van der Waals surface area contributed by atoms with Crippen LogP contribution in [-0.2, 0) is 0 Å². The zero-order valence-corrected chi connectivity index (χ0v) is 9.59. The summed E-state index contributed by atoms with van der Waals surface area (Å²) in [5.41, 5.74) is 1.52. The van der Waals surface area contributed by atoms with Crippen LogP contribution in [0.5, 0.6) is 5.75 Å². The van der Waals surface area contributed by atoms with Gasteiger partial charge in [-0.15, -0.1) is 0 Å². The van der Waals surface area contributed by atoms with Crippen molar-refractivity contribution in [3.05, 3.63) is 53.7 Å². The lowest BCUT2D eigenvalue weighted by Crippen LogP contribution is -1.95. The molecule has 0 aliphatic rings. The van der Waals surface area contributed by atoms with Gasteiger partial charge in [-0.3, -0.25) is 0 Å². The van der Waals surface area contributed by atoms with E-state index in [2.05, 4.69) is 5.10 Å². The molecule has 0 atom stereocenters. The van der Waals surface area contributed by atoms with E-state index < -0.39 is 0 Å². The van der Waals surface area contributed by atoms with E-state index >= 15 is 0 Å². The van der Waals surface area contributed by atoms with Crippen LogP contribution in [0.2, 0.25) is 5.02 Å². The largest absolute Gasteiger partial charge is 0.506 e. The van der Waals surface area contributed by atoms with Crippen molar-refractivity contribution in [1.29, 1.82) is 0 Å². The van der Waals surface area contributed by atoms with E-state index in [-0.39, 0.29) is 5.75 Å². The molecule has 3 nitrogen and oxygen atoms in total. The zero-order valence-electron chi connectivity index (χ0n) is 8.84. The molecule has 0 fully saturated rings. The van der Waals surface area contributed by atoms with Crippen molar-refractivity contribution in [1.82, 2.24) is 9.78 Å². The molecular weight excluding hydrogens is 236 g/mol. The smallest absolute Gasteiger partial charge is 0.141 e. The van der Waals surface area contributed by atoms with Gasteiger partial charge < -0.3 is 5.11 Å². The third kappa shape index (κ3) is 1.65. The topological polar surface area (TPSA) is 38.0 Å². The molecule has 0 unspecified atom stereocenters. The average Bonchev–Trinajstić information content (AvgIpc) is 2.72. The number of para-hydroxylation sites is 2. The predicted molar refractivity (Wildman–Crippen MR) is 67.7 cm³/mol. The second-order valence-corrected chi connectivity index (χ2v) is 4.18. The van der Waals surface area contributed by atoms with Crippen LogP contribution in [-0.4, -0.2) is 14.9 Å². The molecule has 84 valence electrons. The third-order valence-electron chi connectivity index (χ3n) is 2.64. The molecule has 1 aromatic heterocycles. The normalized spacial score (nSPS) is 10.9. The van der Waals surface area contributed by atoms with E-state index in [4.69, 9.17) is 11.6 Å². The molecule has 0 radical (unpaired) electrons. The quantitative estimate of drug-likeness (QED) is 0.713. The summed E-state index contributed by atoms with van der Waals surface area (Å²) in [6, 6.07) is 12.6. The third-order valence-corrected chi connectivity index (χ3v) is 2.88. The Morgan fingerprint density at radius 1 is 1.12 bits per heavy atom. The fourth-order valence-corrected chi connectivity index (χ4v) is 1.99. The molecule has 0 spiro atoms.